The molecule has 0 aliphatic carbocycles. The van der Waals surface area contributed by atoms with Crippen LogP contribution in [0.25, 0.3) is 21.8 Å². The predicted molar refractivity (Wildman–Crippen MR) is 121 cm³/mol. The Balaban J connectivity index is 1.44. The van der Waals surface area contributed by atoms with Crippen molar-refractivity contribution in [1.82, 2.24) is 9.47 Å². The zero-order valence-electron chi connectivity index (χ0n) is 17.5. The number of benzene rings is 2. The van der Waals surface area contributed by atoms with Gasteiger partial charge in [0.1, 0.15) is 6.04 Å². The zero-order valence-corrected chi connectivity index (χ0v) is 17.5. The van der Waals surface area contributed by atoms with Crippen LogP contribution in [-0.2, 0) is 11.3 Å². The third kappa shape index (κ3) is 3.38. The maximum atomic E-state index is 13.2. The Labute approximate surface area is 180 Å². The van der Waals surface area contributed by atoms with Gasteiger partial charge in [0.25, 0.3) is 5.91 Å². The summed E-state index contributed by atoms with van der Waals surface area (Å²) in [5, 5.41) is 5.34. The molecule has 1 atom stereocenters. The van der Waals surface area contributed by atoms with Gasteiger partial charge in [0.2, 0.25) is 5.91 Å². The molecular weight excluding hydrogens is 390 g/mol. The van der Waals surface area contributed by atoms with Gasteiger partial charge in [-0.05, 0) is 62.6 Å². The van der Waals surface area contributed by atoms with Crippen LogP contribution in [0.3, 0.4) is 0 Å². The van der Waals surface area contributed by atoms with Crippen LogP contribution in [0.5, 0.6) is 0 Å². The lowest BCUT2D eigenvalue weighted by Crippen LogP contribution is -2.49. The van der Waals surface area contributed by atoms with Crippen molar-refractivity contribution in [2.45, 2.75) is 38.8 Å². The van der Waals surface area contributed by atoms with Crippen molar-refractivity contribution in [3.05, 3.63) is 66.6 Å². The Kier molecular flexibility index (Phi) is 4.98. The Bertz CT molecular complexity index is 1260. The van der Waals surface area contributed by atoms with Crippen molar-refractivity contribution in [2.24, 2.45) is 0 Å². The minimum Gasteiger partial charge on any atom is -0.459 e. The van der Waals surface area contributed by atoms with Crippen LogP contribution in [0, 0.1) is 0 Å². The summed E-state index contributed by atoms with van der Waals surface area (Å²) in [7, 11) is 0. The second-order valence-corrected chi connectivity index (χ2v) is 7.97. The molecule has 31 heavy (non-hydrogen) atoms. The fourth-order valence-electron chi connectivity index (χ4n) is 4.69. The standard InChI is InChI=1S/C25H25N3O3/c1-2-27-20-9-4-3-8-18(20)19-16-17(12-13-21(19)27)26-24(29)22-10-5-6-14-28(22)25(30)23-11-7-15-31-23/h3-4,7-9,11-13,15-16,22H,2,5-6,10,14H2,1H3,(H,26,29). The van der Waals surface area contributed by atoms with Gasteiger partial charge in [-0.25, -0.2) is 0 Å². The summed E-state index contributed by atoms with van der Waals surface area (Å²) < 4.78 is 7.55. The van der Waals surface area contributed by atoms with E-state index in [1.165, 1.54) is 17.2 Å². The number of piperidine rings is 1. The van der Waals surface area contributed by atoms with E-state index in [1.807, 2.05) is 24.3 Å². The van der Waals surface area contributed by atoms with Crippen LogP contribution in [0.1, 0.15) is 36.7 Å². The number of carbonyl (C=O) groups excluding carboxylic acids is 2. The Morgan fingerprint density at radius 1 is 1.03 bits per heavy atom. The Morgan fingerprint density at radius 2 is 1.87 bits per heavy atom. The molecular formula is C25H25N3O3. The minimum atomic E-state index is -0.501. The molecule has 0 bridgehead atoms. The summed E-state index contributed by atoms with van der Waals surface area (Å²) in [6, 6.07) is 17.2. The van der Waals surface area contributed by atoms with Gasteiger partial charge in [0.15, 0.2) is 5.76 Å². The highest BCUT2D eigenvalue weighted by molar-refractivity contribution is 6.10. The van der Waals surface area contributed by atoms with E-state index in [0.29, 0.717) is 13.0 Å². The SMILES string of the molecule is CCn1c2ccccc2c2cc(NC(=O)C3CCCCN3C(=O)c3ccco3)ccc21. The zero-order chi connectivity index (χ0) is 21.4. The van der Waals surface area contributed by atoms with E-state index in [0.717, 1.165) is 36.0 Å². The van der Waals surface area contributed by atoms with Gasteiger partial charge < -0.3 is 19.2 Å². The average Bonchev–Trinajstić information content (AvgIpc) is 3.45. The van der Waals surface area contributed by atoms with Crippen molar-refractivity contribution in [3.63, 3.8) is 0 Å². The van der Waals surface area contributed by atoms with Gasteiger partial charge in [0.05, 0.1) is 6.26 Å². The molecule has 6 heteroatoms. The lowest BCUT2D eigenvalue weighted by molar-refractivity contribution is -0.121. The molecule has 3 heterocycles. The smallest absolute Gasteiger partial charge is 0.290 e. The molecule has 5 rings (SSSR count). The largest absolute Gasteiger partial charge is 0.459 e. The maximum absolute atomic E-state index is 13.2. The molecule has 0 saturated carbocycles. The highest BCUT2D eigenvalue weighted by atomic mass is 16.3. The van der Waals surface area contributed by atoms with Gasteiger partial charge in [-0.3, -0.25) is 9.59 Å². The van der Waals surface area contributed by atoms with Crippen LogP contribution >= 0.6 is 0 Å². The number of rotatable bonds is 4. The number of amides is 2. The molecule has 1 aliphatic rings. The lowest BCUT2D eigenvalue weighted by atomic mass is 10.0. The number of furan rings is 1. The van der Waals surface area contributed by atoms with E-state index >= 15 is 0 Å². The molecule has 1 unspecified atom stereocenters. The number of hydrogen-bond donors (Lipinski definition) is 1. The van der Waals surface area contributed by atoms with Crippen LogP contribution in [0.2, 0.25) is 0 Å². The van der Waals surface area contributed by atoms with Crippen molar-refractivity contribution in [3.8, 4) is 0 Å². The number of fused-ring (bicyclic) bond motifs is 3. The molecule has 158 valence electrons. The van der Waals surface area contributed by atoms with E-state index in [-0.39, 0.29) is 17.6 Å². The number of para-hydroxylation sites is 1. The number of likely N-dealkylation sites (tertiary alicyclic amines) is 1. The molecule has 2 amide bonds. The molecule has 1 fully saturated rings. The number of anilines is 1. The maximum Gasteiger partial charge on any atom is 0.290 e. The minimum absolute atomic E-state index is 0.154. The second kappa shape index (κ2) is 7.95. The van der Waals surface area contributed by atoms with E-state index in [1.54, 1.807) is 17.0 Å². The van der Waals surface area contributed by atoms with E-state index in [2.05, 4.69) is 35.0 Å². The van der Waals surface area contributed by atoms with Crippen LogP contribution in [0.4, 0.5) is 5.69 Å². The molecule has 2 aromatic carbocycles. The van der Waals surface area contributed by atoms with Crippen molar-refractivity contribution >= 4 is 39.3 Å². The van der Waals surface area contributed by atoms with Gasteiger partial charge in [-0.15, -0.1) is 0 Å². The third-order valence-corrected chi connectivity index (χ3v) is 6.15. The number of carbonyl (C=O) groups is 2. The van der Waals surface area contributed by atoms with Gasteiger partial charge in [-0.1, -0.05) is 18.2 Å². The molecule has 1 saturated heterocycles. The molecule has 2 aromatic heterocycles. The van der Waals surface area contributed by atoms with E-state index < -0.39 is 6.04 Å². The normalized spacial score (nSPS) is 16.7. The molecule has 0 spiro atoms. The number of aromatic nitrogens is 1. The summed E-state index contributed by atoms with van der Waals surface area (Å²) in [5.74, 6) is -0.113. The first kappa shape index (κ1) is 19.4. The van der Waals surface area contributed by atoms with Crippen LogP contribution in [0.15, 0.2) is 65.3 Å². The number of nitrogens with zero attached hydrogens (tertiary/aromatic N) is 2. The molecule has 6 nitrogen and oxygen atoms in total. The fraction of sp³-hybridized carbons (Fsp3) is 0.280. The first-order valence-corrected chi connectivity index (χ1v) is 10.8. The van der Waals surface area contributed by atoms with E-state index in [4.69, 9.17) is 4.42 Å². The average molecular weight is 415 g/mol. The Hall–Kier alpha value is -3.54. The summed E-state index contributed by atoms with van der Waals surface area (Å²) in [6.07, 6.45) is 3.94. The van der Waals surface area contributed by atoms with Crippen LogP contribution in [-0.4, -0.2) is 33.9 Å². The third-order valence-electron chi connectivity index (χ3n) is 6.15. The fourth-order valence-corrected chi connectivity index (χ4v) is 4.69. The highest BCUT2D eigenvalue weighted by Gasteiger charge is 2.33. The summed E-state index contributed by atoms with van der Waals surface area (Å²) in [5.41, 5.74) is 3.08. The quantitative estimate of drug-likeness (QED) is 0.508. The monoisotopic (exact) mass is 415 g/mol. The Morgan fingerprint density at radius 3 is 2.68 bits per heavy atom. The van der Waals surface area contributed by atoms with Crippen molar-refractivity contribution < 1.29 is 14.0 Å². The summed E-state index contributed by atoms with van der Waals surface area (Å²) in [6.45, 7) is 3.57. The number of nitrogens with one attached hydrogen (secondary N) is 1. The second-order valence-electron chi connectivity index (χ2n) is 7.97. The first-order valence-electron chi connectivity index (χ1n) is 10.8. The molecule has 0 radical (unpaired) electrons. The van der Waals surface area contributed by atoms with Crippen molar-refractivity contribution in [1.29, 1.82) is 0 Å². The molecule has 1 aliphatic heterocycles. The first-order chi connectivity index (χ1) is 15.2. The molecule has 4 aromatic rings. The van der Waals surface area contributed by atoms with E-state index in [9.17, 15) is 9.59 Å². The van der Waals surface area contributed by atoms with Crippen molar-refractivity contribution in [2.75, 3.05) is 11.9 Å². The highest BCUT2D eigenvalue weighted by Crippen LogP contribution is 2.31. The predicted octanol–water partition coefficient (Wildman–Crippen LogP) is 5.04. The lowest BCUT2D eigenvalue weighted by Gasteiger charge is -2.34. The topological polar surface area (TPSA) is 67.5 Å². The summed E-state index contributed by atoms with van der Waals surface area (Å²) in [4.78, 5) is 27.6. The summed E-state index contributed by atoms with van der Waals surface area (Å²) >= 11 is 0. The van der Waals surface area contributed by atoms with Gasteiger partial charge in [-0.2, -0.15) is 0 Å². The number of hydrogen-bond acceptors (Lipinski definition) is 3. The van der Waals surface area contributed by atoms with Crippen LogP contribution < -0.4 is 5.32 Å². The van der Waals surface area contributed by atoms with Gasteiger partial charge in [0, 0.05) is 40.6 Å². The van der Waals surface area contributed by atoms with Gasteiger partial charge >= 0.3 is 0 Å². The molecule has 1 N–H and O–H groups in total. The number of aryl methyl sites for hydroxylation is 1.